The van der Waals surface area contributed by atoms with Gasteiger partial charge in [-0.3, -0.25) is 4.79 Å². The molecule has 3 aromatic carbocycles. The molecule has 1 fully saturated rings. The van der Waals surface area contributed by atoms with Crippen molar-refractivity contribution >= 4 is 34.4 Å². The van der Waals surface area contributed by atoms with Crippen LogP contribution in [0, 0.1) is 0 Å². The molecule has 0 spiro atoms. The molecule has 1 aliphatic rings. The number of benzene rings is 3. The first-order valence-corrected chi connectivity index (χ1v) is 8.97. The molecular formula is C21H17ClN2O3. The van der Waals surface area contributed by atoms with Crippen molar-refractivity contribution in [3.63, 3.8) is 0 Å². The highest BCUT2D eigenvalue weighted by atomic mass is 35.5. The molecule has 0 radical (unpaired) electrons. The molecule has 3 aromatic rings. The summed E-state index contributed by atoms with van der Waals surface area (Å²) < 4.78 is 5.02. The SMILES string of the molecule is O=C1NC[C@@H](C(=O)NC(c2ccc(Cl)cc2)c2cccc3ccccc23)O1. The van der Waals surface area contributed by atoms with Crippen LogP contribution in [0.3, 0.4) is 0 Å². The maximum absolute atomic E-state index is 12.7. The van der Waals surface area contributed by atoms with E-state index in [1.54, 1.807) is 12.1 Å². The number of nitrogens with one attached hydrogen (secondary N) is 2. The van der Waals surface area contributed by atoms with Gasteiger partial charge in [-0.1, -0.05) is 66.2 Å². The molecule has 0 saturated carbocycles. The zero-order valence-corrected chi connectivity index (χ0v) is 15.1. The lowest BCUT2D eigenvalue weighted by molar-refractivity contribution is -0.128. The van der Waals surface area contributed by atoms with E-state index in [-0.39, 0.29) is 12.5 Å². The predicted octanol–water partition coefficient (Wildman–Crippen LogP) is 3.81. The number of carbonyl (C=O) groups is 2. The average molecular weight is 381 g/mol. The third kappa shape index (κ3) is 3.59. The minimum absolute atomic E-state index is 0.160. The van der Waals surface area contributed by atoms with E-state index in [0.717, 1.165) is 21.9 Å². The minimum Gasteiger partial charge on any atom is -0.434 e. The Hall–Kier alpha value is -3.05. The summed E-state index contributed by atoms with van der Waals surface area (Å²) >= 11 is 6.03. The number of cyclic esters (lactones) is 1. The van der Waals surface area contributed by atoms with E-state index in [4.69, 9.17) is 16.3 Å². The summed E-state index contributed by atoms with van der Waals surface area (Å²) in [7, 11) is 0. The van der Waals surface area contributed by atoms with Gasteiger partial charge in [0.1, 0.15) is 0 Å². The third-order valence-electron chi connectivity index (χ3n) is 4.60. The first kappa shape index (κ1) is 17.4. The summed E-state index contributed by atoms with van der Waals surface area (Å²) in [6.45, 7) is 0.160. The van der Waals surface area contributed by atoms with E-state index in [2.05, 4.69) is 10.6 Å². The highest BCUT2D eigenvalue weighted by Gasteiger charge is 2.31. The maximum atomic E-state index is 12.7. The summed E-state index contributed by atoms with van der Waals surface area (Å²) in [5, 5.41) is 8.27. The highest BCUT2D eigenvalue weighted by molar-refractivity contribution is 6.30. The van der Waals surface area contributed by atoms with Gasteiger partial charge in [-0.05, 0) is 34.0 Å². The van der Waals surface area contributed by atoms with Gasteiger partial charge in [-0.15, -0.1) is 0 Å². The second kappa shape index (κ2) is 7.29. The Balaban J connectivity index is 1.75. The minimum atomic E-state index is -0.845. The van der Waals surface area contributed by atoms with Crippen LogP contribution in [0.1, 0.15) is 17.2 Å². The van der Waals surface area contributed by atoms with E-state index in [9.17, 15) is 9.59 Å². The number of amides is 2. The molecule has 2 atom stereocenters. The summed E-state index contributed by atoms with van der Waals surface area (Å²) in [5.74, 6) is -0.346. The van der Waals surface area contributed by atoms with Crippen molar-refractivity contribution in [3.8, 4) is 0 Å². The van der Waals surface area contributed by atoms with Crippen LogP contribution in [-0.4, -0.2) is 24.6 Å². The summed E-state index contributed by atoms with van der Waals surface area (Å²) in [4.78, 5) is 24.0. The Kier molecular flexibility index (Phi) is 4.69. The monoisotopic (exact) mass is 380 g/mol. The van der Waals surface area contributed by atoms with Crippen molar-refractivity contribution in [2.24, 2.45) is 0 Å². The largest absolute Gasteiger partial charge is 0.434 e. The molecule has 1 saturated heterocycles. The maximum Gasteiger partial charge on any atom is 0.408 e. The molecule has 0 aliphatic carbocycles. The van der Waals surface area contributed by atoms with Crippen molar-refractivity contribution < 1.29 is 14.3 Å². The van der Waals surface area contributed by atoms with E-state index in [0.29, 0.717) is 5.02 Å². The normalized spacial score (nSPS) is 17.2. The molecule has 0 bridgehead atoms. The predicted molar refractivity (Wildman–Crippen MR) is 104 cm³/mol. The number of rotatable bonds is 4. The van der Waals surface area contributed by atoms with Crippen molar-refractivity contribution in [1.29, 1.82) is 0 Å². The molecular weight excluding hydrogens is 364 g/mol. The molecule has 4 rings (SSSR count). The quantitative estimate of drug-likeness (QED) is 0.723. The number of hydrogen-bond acceptors (Lipinski definition) is 3. The summed E-state index contributed by atoms with van der Waals surface area (Å²) in [5.41, 5.74) is 1.85. The lowest BCUT2D eigenvalue weighted by Crippen LogP contribution is -2.39. The lowest BCUT2D eigenvalue weighted by atomic mass is 9.93. The standard InChI is InChI=1S/C21H17ClN2O3/c22-15-10-8-14(9-11-15)19(24-20(25)18-12-23-21(26)27-18)17-7-3-5-13-4-1-2-6-16(13)17/h1-11,18-19H,12H2,(H,23,26)(H,24,25)/t18-,19?/m0/s1. The fraction of sp³-hybridized carbons (Fsp3) is 0.143. The lowest BCUT2D eigenvalue weighted by Gasteiger charge is -2.23. The van der Waals surface area contributed by atoms with Crippen molar-refractivity contribution in [3.05, 3.63) is 82.9 Å². The number of ether oxygens (including phenoxy) is 1. The van der Waals surface area contributed by atoms with Crippen LogP contribution in [0.2, 0.25) is 5.02 Å². The molecule has 136 valence electrons. The van der Waals surface area contributed by atoms with Crippen LogP contribution >= 0.6 is 11.6 Å². The molecule has 0 aromatic heterocycles. The molecule has 1 aliphatic heterocycles. The summed E-state index contributed by atoms with van der Waals surface area (Å²) in [6, 6.07) is 20.9. The van der Waals surface area contributed by atoms with E-state index >= 15 is 0 Å². The van der Waals surface area contributed by atoms with Gasteiger partial charge in [0.25, 0.3) is 5.91 Å². The number of carbonyl (C=O) groups excluding carboxylic acids is 2. The van der Waals surface area contributed by atoms with E-state index in [1.165, 1.54) is 0 Å². The number of fused-ring (bicyclic) bond motifs is 1. The second-order valence-corrected chi connectivity index (χ2v) is 6.77. The molecule has 5 nitrogen and oxygen atoms in total. The molecule has 1 unspecified atom stereocenters. The number of hydrogen-bond donors (Lipinski definition) is 2. The van der Waals surface area contributed by atoms with Crippen LogP contribution in [0.25, 0.3) is 10.8 Å². The van der Waals surface area contributed by atoms with Gasteiger partial charge in [0, 0.05) is 5.02 Å². The zero-order chi connectivity index (χ0) is 18.8. The van der Waals surface area contributed by atoms with Crippen LogP contribution in [-0.2, 0) is 9.53 Å². The first-order chi connectivity index (χ1) is 13.1. The third-order valence-corrected chi connectivity index (χ3v) is 4.85. The zero-order valence-electron chi connectivity index (χ0n) is 14.3. The average Bonchev–Trinajstić information content (AvgIpc) is 3.13. The smallest absolute Gasteiger partial charge is 0.408 e. The first-order valence-electron chi connectivity index (χ1n) is 8.60. The fourth-order valence-electron chi connectivity index (χ4n) is 3.27. The van der Waals surface area contributed by atoms with Crippen LogP contribution in [0.5, 0.6) is 0 Å². The van der Waals surface area contributed by atoms with Gasteiger partial charge < -0.3 is 15.4 Å². The van der Waals surface area contributed by atoms with Gasteiger partial charge in [-0.2, -0.15) is 0 Å². The highest BCUT2D eigenvalue weighted by Crippen LogP contribution is 2.30. The molecule has 6 heteroatoms. The van der Waals surface area contributed by atoms with Crippen molar-refractivity contribution in [1.82, 2.24) is 10.6 Å². The molecule has 2 N–H and O–H groups in total. The molecule has 27 heavy (non-hydrogen) atoms. The topological polar surface area (TPSA) is 67.4 Å². The van der Waals surface area contributed by atoms with Gasteiger partial charge >= 0.3 is 6.09 Å². The number of alkyl carbamates (subject to hydrolysis) is 1. The van der Waals surface area contributed by atoms with E-state index in [1.807, 2.05) is 54.6 Å². The molecule has 1 heterocycles. The van der Waals surface area contributed by atoms with E-state index < -0.39 is 18.2 Å². The van der Waals surface area contributed by atoms with Gasteiger partial charge in [-0.25, -0.2) is 4.79 Å². The van der Waals surface area contributed by atoms with Gasteiger partial charge in [0.15, 0.2) is 6.10 Å². The van der Waals surface area contributed by atoms with Crippen LogP contribution in [0.15, 0.2) is 66.7 Å². The van der Waals surface area contributed by atoms with Crippen molar-refractivity contribution in [2.75, 3.05) is 6.54 Å². The Morgan fingerprint density at radius 2 is 1.81 bits per heavy atom. The van der Waals surface area contributed by atoms with Gasteiger partial charge in [0.05, 0.1) is 12.6 Å². The van der Waals surface area contributed by atoms with Crippen LogP contribution in [0.4, 0.5) is 4.79 Å². The molecule has 2 amide bonds. The Labute approximate surface area is 161 Å². The fourth-order valence-corrected chi connectivity index (χ4v) is 3.39. The Morgan fingerprint density at radius 3 is 2.56 bits per heavy atom. The second-order valence-electron chi connectivity index (χ2n) is 6.34. The Bertz CT molecular complexity index is 998. The number of halogens is 1. The Morgan fingerprint density at radius 1 is 1.07 bits per heavy atom. The van der Waals surface area contributed by atoms with Crippen LogP contribution < -0.4 is 10.6 Å². The van der Waals surface area contributed by atoms with Crippen molar-refractivity contribution in [2.45, 2.75) is 12.1 Å². The van der Waals surface area contributed by atoms with Gasteiger partial charge in [0.2, 0.25) is 0 Å². The summed E-state index contributed by atoms with van der Waals surface area (Å²) in [6.07, 6.45) is -1.43.